The predicted octanol–water partition coefficient (Wildman–Crippen LogP) is 4.52. The predicted molar refractivity (Wildman–Crippen MR) is 117 cm³/mol. The third kappa shape index (κ3) is 4.87. The van der Waals surface area contributed by atoms with Gasteiger partial charge in [0.05, 0.1) is 28.4 Å². The number of rotatable bonds is 4. The Kier molecular flexibility index (Phi) is 6.87. The van der Waals surface area contributed by atoms with Gasteiger partial charge in [-0.3, -0.25) is 0 Å². The molecule has 150 valence electrons. The Morgan fingerprint density at radius 2 is 0.967 bits per heavy atom. The molecule has 4 heteroatoms. The van der Waals surface area contributed by atoms with Gasteiger partial charge in [-0.1, -0.05) is 41.9 Å². The molecule has 0 aromatic heterocycles. The van der Waals surface area contributed by atoms with E-state index < -0.39 is 0 Å². The van der Waals surface area contributed by atoms with Crippen LogP contribution in [0.1, 0.15) is 22.3 Å². The van der Waals surface area contributed by atoms with Gasteiger partial charge in [0, 0.05) is 34.4 Å². The van der Waals surface area contributed by atoms with Crippen molar-refractivity contribution in [1.82, 2.24) is 0 Å². The van der Waals surface area contributed by atoms with Crippen LogP contribution < -0.4 is 18.9 Å². The topological polar surface area (TPSA) is 36.9 Å². The summed E-state index contributed by atoms with van der Waals surface area (Å²) in [6.07, 6.45) is 0. The average molecular weight is 398 g/mol. The van der Waals surface area contributed by atoms with Gasteiger partial charge < -0.3 is 18.9 Å². The summed E-state index contributed by atoms with van der Waals surface area (Å²) in [5.41, 5.74) is 3.21. The van der Waals surface area contributed by atoms with Gasteiger partial charge in [0.1, 0.15) is 0 Å². The van der Waals surface area contributed by atoms with Crippen LogP contribution >= 0.6 is 0 Å². The van der Waals surface area contributed by atoms with Crippen molar-refractivity contribution in [2.24, 2.45) is 0 Å². The third-order valence-corrected chi connectivity index (χ3v) is 4.36. The molecule has 0 spiro atoms. The standard InChI is InChI=1S/C26H22O4/c1-27-23-15-12-20(16-24(23)28-2)11-14-22-18-26(30-4)25(29-3)17-21(22)13-10-19-8-6-5-7-9-19/h5-9,12,15-18H,1-4H3. The van der Waals surface area contributed by atoms with Crippen LogP contribution in [0.4, 0.5) is 0 Å². The van der Waals surface area contributed by atoms with Crippen molar-refractivity contribution in [3.05, 3.63) is 82.9 Å². The van der Waals surface area contributed by atoms with E-state index in [2.05, 4.69) is 23.7 Å². The Bertz CT molecular complexity index is 1140. The molecule has 0 fully saturated rings. The van der Waals surface area contributed by atoms with Crippen LogP contribution in [0.3, 0.4) is 0 Å². The largest absolute Gasteiger partial charge is 0.493 e. The van der Waals surface area contributed by atoms with Gasteiger partial charge >= 0.3 is 0 Å². The van der Waals surface area contributed by atoms with Gasteiger partial charge in [0.2, 0.25) is 0 Å². The second-order valence-electron chi connectivity index (χ2n) is 6.19. The fourth-order valence-corrected chi connectivity index (χ4v) is 2.80. The first-order valence-electron chi connectivity index (χ1n) is 9.25. The molecule has 0 radical (unpaired) electrons. The van der Waals surface area contributed by atoms with Crippen LogP contribution in [0, 0.1) is 23.7 Å². The monoisotopic (exact) mass is 398 g/mol. The first kappa shape index (κ1) is 20.7. The molecule has 30 heavy (non-hydrogen) atoms. The van der Waals surface area contributed by atoms with Crippen molar-refractivity contribution in [2.45, 2.75) is 0 Å². The smallest absolute Gasteiger partial charge is 0.162 e. The minimum absolute atomic E-state index is 0.597. The third-order valence-electron chi connectivity index (χ3n) is 4.36. The van der Waals surface area contributed by atoms with E-state index in [4.69, 9.17) is 18.9 Å². The van der Waals surface area contributed by atoms with Crippen LogP contribution in [-0.4, -0.2) is 28.4 Å². The lowest BCUT2D eigenvalue weighted by Gasteiger charge is -2.09. The van der Waals surface area contributed by atoms with E-state index >= 15 is 0 Å². The molecule has 0 aliphatic carbocycles. The van der Waals surface area contributed by atoms with E-state index in [1.165, 1.54) is 0 Å². The fourth-order valence-electron chi connectivity index (χ4n) is 2.80. The van der Waals surface area contributed by atoms with Gasteiger partial charge in [0.15, 0.2) is 23.0 Å². The molecule has 0 atom stereocenters. The summed E-state index contributed by atoms with van der Waals surface area (Å²) in [5.74, 6) is 15.2. The van der Waals surface area contributed by atoms with Crippen molar-refractivity contribution >= 4 is 0 Å². The maximum Gasteiger partial charge on any atom is 0.162 e. The van der Waals surface area contributed by atoms with E-state index in [0.717, 1.165) is 22.3 Å². The fraction of sp³-hybridized carbons (Fsp3) is 0.154. The molecule has 3 aromatic carbocycles. The van der Waals surface area contributed by atoms with E-state index in [0.29, 0.717) is 23.0 Å². The molecular weight excluding hydrogens is 376 g/mol. The zero-order valence-corrected chi connectivity index (χ0v) is 17.4. The molecule has 3 rings (SSSR count). The Morgan fingerprint density at radius 3 is 1.50 bits per heavy atom. The summed E-state index contributed by atoms with van der Waals surface area (Å²) in [7, 11) is 6.39. The minimum atomic E-state index is 0.597. The molecule has 0 N–H and O–H groups in total. The lowest BCUT2D eigenvalue weighted by Crippen LogP contribution is -1.94. The van der Waals surface area contributed by atoms with E-state index in [9.17, 15) is 0 Å². The molecule has 0 aliphatic rings. The summed E-state index contributed by atoms with van der Waals surface area (Å²) in [4.78, 5) is 0. The van der Waals surface area contributed by atoms with E-state index in [1.54, 1.807) is 28.4 Å². The normalized spacial score (nSPS) is 9.47. The highest BCUT2D eigenvalue weighted by atomic mass is 16.5. The van der Waals surface area contributed by atoms with Gasteiger partial charge in [-0.15, -0.1) is 0 Å². The first-order chi connectivity index (χ1) is 14.7. The van der Waals surface area contributed by atoms with Crippen LogP contribution in [0.15, 0.2) is 60.7 Å². The second kappa shape index (κ2) is 9.96. The Hall–Kier alpha value is -4.02. The quantitative estimate of drug-likeness (QED) is 0.606. The molecule has 4 nitrogen and oxygen atoms in total. The lowest BCUT2D eigenvalue weighted by atomic mass is 10.1. The van der Waals surface area contributed by atoms with Crippen molar-refractivity contribution < 1.29 is 18.9 Å². The van der Waals surface area contributed by atoms with Gasteiger partial charge in [-0.05, 0) is 30.3 Å². The zero-order chi connectivity index (χ0) is 21.3. The van der Waals surface area contributed by atoms with E-state index in [-0.39, 0.29) is 0 Å². The Labute approximate surface area is 177 Å². The lowest BCUT2D eigenvalue weighted by molar-refractivity contribution is 0.355. The number of benzene rings is 3. The highest BCUT2D eigenvalue weighted by Crippen LogP contribution is 2.30. The molecule has 0 saturated carbocycles. The number of ether oxygens (including phenoxy) is 4. The maximum atomic E-state index is 5.44. The molecule has 0 saturated heterocycles. The van der Waals surface area contributed by atoms with Crippen molar-refractivity contribution in [1.29, 1.82) is 0 Å². The molecule has 0 heterocycles. The average Bonchev–Trinajstić information content (AvgIpc) is 2.81. The highest BCUT2D eigenvalue weighted by molar-refractivity contribution is 5.61. The zero-order valence-electron chi connectivity index (χ0n) is 17.4. The summed E-state index contributed by atoms with van der Waals surface area (Å²) >= 11 is 0. The minimum Gasteiger partial charge on any atom is -0.493 e. The summed E-state index contributed by atoms with van der Waals surface area (Å²) < 4.78 is 21.5. The molecular formula is C26H22O4. The first-order valence-corrected chi connectivity index (χ1v) is 9.25. The van der Waals surface area contributed by atoms with Crippen LogP contribution in [0.5, 0.6) is 23.0 Å². The summed E-state index contributed by atoms with van der Waals surface area (Å²) in [6.45, 7) is 0. The number of hydrogen-bond acceptors (Lipinski definition) is 4. The van der Waals surface area contributed by atoms with Crippen LogP contribution in [-0.2, 0) is 0 Å². The van der Waals surface area contributed by atoms with Crippen molar-refractivity contribution in [2.75, 3.05) is 28.4 Å². The highest BCUT2D eigenvalue weighted by Gasteiger charge is 2.09. The molecule has 0 aliphatic heterocycles. The molecule has 0 unspecified atom stereocenters. The Morgan fingerprint density at radius 1 is 0.467 bits per heavy atom. The maximum absolute atomic E-state index is 5.44. The van der Waals surface area contributed by atoms with Crippen molar-refractivity contribution in [3.63, 3.8) is 0 Å². The Balaban J connectivity index is 2.06. The van der Waals surface area contributed by atoms with Crippen LogP contribution in [0.2, 0.25) is 0 Å². The van der Waals surface area contributed by atoms with Gasteiger partial charge in [-0.25, -0.2) is 0 Å². The van der Waals surface area contributed by atoms with E-state index in [1.807, 2.05) is 60.7 Å². The number of hydrogen-bond donors (Lipinski definition) is 0. The van der Waals surface area contributed by atoms with Gasteiger partial charge in [0.25, 0.3) is 0 Å². The molecule has 0 amide bonds. The van der Waals surface area contributed by atoms with Crippen molar-refractivity contribution in [3.8, 4) is 46.7 Å². The SMILES string of the molecule is COc1ccc(C#Cc2cc(OC)c(OC)cc2C#Cc2ccccc2)cc1OC. The summed E-state index contributed by atoms with van der Waals surface area (Å²) in [5, 5.41) is 0. The molecule has 3 aromatic rings. The molecule has 0 bridgehead atoms. The summed E-state index contributed by atoms with van der Waals surface area (Å²) in [6, 6.07) is 19.0. The van der Waals surface area contributed by atoms with Gasteiger partial charge in [-0.2, -0.15) is 0 Å². The van der Waals surface area contributed by atoms with Crippen LogP contribution in [0.25, 0.3) is 0 Å². The second-order valence-corrected chi connectivity index (χ2v) is 6.19. The number of methoxy groups -OCH3 is 4.